The van der Waals surface area contributed by atoms with Crippen LogP contribution in [-0.2, 0) is 11.3 Å². The molecule has 4 heteroatoms. The summed E-state index contributed by atoms with van der Waals surface area (Å²) in [7, 11) is 3.73. The molecule has 0 N–H and O–H groups in total. The summed E-state index contributed by atoms with van der Waals surface area (Å²) in [4.78, 5) is 13.1. The number of rotatable bonds is 6. The highest BCUT2D eigenvalue weighted by molar-refractivity contribution is 5.75. The van der Waals surface area contributed by atoms with Crippen molar-refractivity contribution in [1.82, 2.24) is 4.90 Å². The molecular formula is C16H23NO3. The minimum Gasteiger partial charge on any atom is -0.496 e. The molecule has 0 spiro atoms. The van der Waals surface area contributed by atoms with Gasteiger partial charge in [-0.05, 0) is 44.5 Å². The zero-order chi connectivity index (χ0) is 14.4. The number of likely N-dealkylation sites (N-methyl/N-ethyl adjacent to an activating group) is 1. The highest BCUT2D eigenvalue weighted by atomic mass is 16.5. The molecule has 0 aliphatic carbocycles. The van der Waals surface area contributed by atoms with Crippen LogP contribution in [0.4, 0.5) is 0 Å². The molecule has 2 rings (SSSR count). The van der Waals surface area contributed by atoms with Crippen LogP contribution in [0.2, 0.25) is 0 Å². The molecule has 0 amide bonds. The quantitative estimate of drug-likeness (QED) is 0.749. The number of benzene rings is 1. The molecule has 1 aliphatic heterocycles. The number of aldehydes is 1. The largest absolute Gasteiger partial charge is 0.496 e. The molecule has 20 heavy (non-hydrogen) atoms. The maximum absolute atomic E-state index is 10.9. The third-order valence-electron chi connectivity index (χ3n) is 3.67. The molecule has 0 bridgehead atoms. The van der Waals surface area contributed by atoms with E-state index < -0.39 is 0 Å². The van der Waals surface area contributed by atoms with Crippen molar-refractivity contribution in [1.29, 1.82) is 0 Å². The van der Waals surface area contributed by atoms with Gasteiger partial charge in [0.15, 0.2) is 0 Å². The second kappa shape index (κ2) is 7.41. The van der Waals surface area contributed by atoms with Crippen LogP contribution in [0.15, 0.2) is 18.2 Å². The van der Waals surface area contributed by atoms with Gasteiger partial charge in [0.2, 0.25) is 0 Å². The molecule has 1 aromatic rings. The van der Waals surface area contributed by atoms with Crippen molar-refractivity contribution in [3.8, 4) is 5.75 Å². The van der Waals surface area contributed by atoms with E-state index in [0.29, 0.717) is 11.7 Å². The predicted octanol–water partition coefficient (Wildman–Crippen LogP) is 2.51. The molecule has 4 nitrogen and oxygen atoms in total. The average molecular weight is 277 g/mol. The van der Waals surface area contributed by atoms with Crippen molar-refractivity contribution in [3.05, 3.63) is 29.3 Å². The molecule has 1 heterocycles. The summed E-state index contributed by atoms with van der Waals surface area (Å²) in [5.74, 6) is 0.826. The molecule has 0 saturated carbocycles. The van der Waals surface area contributed by atoms with E-state index in [1.165, 1.54) is 12.8 Å². The molecule has 1 aliphatic rings. The average Bonchev–Trinajstić information content (AvgIpc) is 2.48. The van der Waals surface area contributed by atoms with Crippen LogP contribution in [-0.4, -0.2) is 44.6 Å². The van der Waals surface area contributed by atoms with E-state index in [1.54, 1.807) is 13.2 Å². The molecule has 0 radical (unpaired) electrons. The van der Waals surface area contributed by atoms with Crippen LogP contribution in [0.1, 0.15) is 35.2 Å². The molecule has 1 unspecified atom stereocenters. The van der Waals surface area contributed by atoms with Crippen LogP contribution < -0.4 is 4.74 Å². The minimum atomic E-state index is 0.328. The van der Waals surface area contributed by atoms with Gasteiger partial charge in [-0.25, -0.2) is 0 Å². The molecule has 1 saturated heterocycles. The van der Waals surface area contributed by atoms with E-state index >= 15 is 0 Å². The topological polar surface area (TPSA) is 38.8 Å². The van der Waals surface area contributed by atoms with Gasteiger partial charge in [0.05, 0.1) is 13.2 Å². The second-order valence-electron chi connectivity index (χ2n) is 5.37. The molecule has 110 valence electrons. The van der Waals surface area contributed by atoms with Crippen molar-refractivity contribution in [2.75, 3.05) is 27.3 Å². The second-order valence-corrected chi connectivity index (χ2v) is 5.37. The van der Waals surface area contributed by atoms with Crippen molar-refractivity contribution < 1.29 is 14.3 Å². The lowest BCUT2D eigenvalue weighted by Crippen LogP contribution is -2.33. The van der Waals surface area contributed by atoms with Crippen LogP contribution in [0.25, 0.3) is 0 Å². The number of carbonyl (C=O) groups is 1. The summed E-state index contributed by atoms with van der Waals surface area (Å²) >= 11 is 0. The van der Waals surface area contributed by atoms with Gasteiger partial charge >= 0.3 is 0 Å². The Morgan fingerprint density at radius 3 is 2.95 bits per heavy atom. The number of hydrogen-bond donors (Lipinski definition) is 0. The van der Waals surface area contributed by atoms with E-state index in [2.05, 4.69) is 11.9 Å². The van der Waals surface area contributed by atoms with Crippen molar-refractivity contribution >= 4 is 6.29 Å². The SMILES string of the molecule is COc1ccc(C=O)cc1CN(C)CC1CCCCO1. The molecule has 1 atom stereocenters. The Bertz CT molecular complexity index is 441. The number of ether oxygens (including phenoxy) is 2. The molecule has 1 fully saturated rings. The van der Waals surface area contributed by atoms with Gasteiger partial charge in [-0.3, -0.25) is 9.69 Å². The fourth-order valence-corrected chi connectivity index (χ4v) is 2.65. The zero-order valence-electron chi connectivity index (χ0n) is 12.3. The molecule has 0 aromatic heterocycles. The normalized spacial score (nSPS) is 19.1. The number of hydrogen-bond acceptors (Lipinski definition) is 4. The first-order valence-electron chi connectivity index (χ1n) is 7.15. The van der Waals surface area contributed by atoms with E-state index in [9.17, 15) is 4.79 Å². The van der Waals surface area contributed by atoms with Gasteiger partial charge in [-0.1, -0.05) is 0 Å². The Labute approximate surface area is 120 Å². The van der Waals surface area contributed by atoms with Crippen molar-refractivity contribution in [3.63, 3.8) is 0 Å². The molecule has 1 aromatic carbocycles. The minimum absolute atomic E-state index is 0.328. The fourth-order valence-electron chi connectivity index (χ4n) is 2.65. The predicted molar refractivity (Wildman–Crippen MR) is 78.3 cm³/mol. The maximum atomic E-state index is 10.9. The third-order valence-corrected chi connectivity index (χ3v) is 3.67. The maximum Gasteiger partial charge on any atom is 0.150 e. The Hall–Kier alpha value is -1.39. The highest BCUT2D eigenvalue weighted by Gasteiger charge is 2.16. The lowest BCUT2D eigenvalue weighted by molar-refractivity contribution is -0.00267. The van der Waals surface area contributed by atoms with Crippen LogP contribution in [0, 0.1) is 0 Å². The lowest BCUT2D eigenvalue weighted by atomic mass is 10.1. The smallest absolute Gasteiger partial charge is 0.150 e. The summed E-state index contributed by atoms with van der Waals surface area (Å²) in [5.41, 5.74) is 1.72. The van der Waals surface area contributed by atoms with Gasteiger partial charge in [0, 0.05) is 30.8 Å². The van der Waals surface area contributed by atoms with E-state index in [0.717, 1.165) is 43.7 Å². The third kappa shape index (κ3) is 4.05. The van der Waals surface area contributed by atoms with Gasteiger partial charge in [0.1, 0.15) is 12.0 Å². The fraction of sp³-hybridized carbons (Fsp3) is 0.562. The van der Waals surface area contributed by atoms with Gasteiger partial charge in [-0.15, -0.1) is 0 Å². The van der Waals surface area contributed by atoms with E-state index in [4.69, 9.17) is 9.47 Å². The first kappa shape index (κ1) is 15.0. The van der Waals surface area contributed by atoms with Crippen molar-refractivity contribution in [2.24, 2.45) is 0 Å². The molecular weight excluding hydrogens is 254 g/mol. The van der Waals surface area contributed by atoms with Crippen LogP contribution >= 0.6 is 0 Å². The van der Waals surface area contributed by atoms with Gasteiger partial charge in [0.25, 0.3) is 0 Å². The summed E-state index contributed by atoms with van der Waals surface area (Å²) in [5, 5.41) is 0. The summed E-state index contributed by atoms with van der Waals surface area (Å²) in [6.45, 7) is 2.54. The van der Waals surface area contributed by atoms with E-state index in [-0.39, 0.29) is 0 Å². The zero-order valence-corrected chi connectivity index (χ0v) is 12.3. The first-order valence-corrected chi connectivity index (χ1v) is 7.15. The van der Waals surface area contributed by atoms with Crippen LogP contribution in [0.3, 0.4) is 0 Å². The van der Waals surface area contributed by atoms with Crippen molar-refractivity contribution in [2.45, 2.75) is 31.9 Å². The highest BCUT2D eigenvalue weighted by Crippen LogP contribution is 2.21. The van der Waals surface area contributed by atoms with Crippen LogP contribution in [0.5, 0.6) is 5.75 Å². The summed E-state index contributed by atoms with van der Waals surface area (Å²) in [6, 6.07) is 5.52. The van der Waals surface area contributed by atoms with Gasteiger partial charge in [-0.2, -0.15) is 0 Å². The summed E-state index contributed by atoms with van der Waals surface area (Å²) in [6.07, 6.45) is 4.76. The standard InChI is InChI=1S/C16H23NO3/c1-17(11-15-5-3-4-8-20-15)10-14-9-13(12-18)6-7-16(14)19-2/h6-7,9,12,15H,3-5,8,10-11H2,1-2H3. The Kier molecular flexibility index (Phi) is 5.56. The van der Waals surface area contributed by atoms with Gasteiger partial charge < -0.3 is 9.47 Å². The Balaban J connectivity index is 1.98. The number of nitrogens with zero attached hydrogens (tertiary/aromatic N) is 1. The first-order chi connectivity index (χ1) is 9.72. The van der Waals surface area contributed by atoms with E-state index in [1.807, 2.05) is 12.1 Å². The number of carbonyl (C=O) groups excluding carboxylic acids is 1. The monoisotopic (exact) mass is 277 g/mol. The lowest BCUT2D eigenvalue weighted by Gasteiger charge is -2.27. The summed E-state index contributed by atoms with van der Waals surface area (Å²) < 4.78 is 11.1. The Morgan fingerprint density at radius 1 is 1.45 bits per heavy atom. The Morgan fingerprint density at radius 2 is 2.30 bits per heavy atom. The number of methoxy groups -OCH3 is 1.